The summed E-state index contributed by atoms with van der Waals surface area (Å²) in [7, 11) is 0. The molecule has 0 bridgehead atoms. The van der Waals surface area contributed by atoms with Gasteiger partial charge in [-0.3, -0.25) is 14.5 Å². The van der Waals surface area contributed by atoms with E-state index in [-0.39, 0.29) is 36.7 Å². The van der Waals surface area contributed by atoms with Gasteiger partial charge in [0.25, 0.3) is 0 Å². The molecule has 0 unspecified atom stereocenters. The number of halogens is 4. The topological polar surface area (TPSA) is 115 Å². The molecule has 2 atom stereocenters. The lowest BCUT2D eigenvalue weighted by atomic mass is 9.81. The molecule has 0 spiro atoms. The number of morpholine rings is 1. The standard InChI is InChI=1S/C28H29ClF3N7O3/c29-18-10-16(12-33-13-18)23-24-19(11-20(34-23)25-36-27(40)42-37-25)35-26(38-8-9-41-22-3-1-2-21(22)38)39(24)14-15-4-6-17(7-5-15)28(30,31)32/h10-13,15,17,21-22H,1-9,14H2,(H,36,37,40)/t15?,17?,21-,22-/m1/s1. The van der Waals surface area contributed by atoms with Crippen molar-refractivity contribution in [2.75, 3.05) is 18.1 Å². The molecule has 0 amide bonds. The Balaban J connectivity index is 1.39. The highest BCUT2D eigenvalue weighted by Crippen LogP contribution is 2.42. The van der Waals surface area contributed by atoms with Crippen LogP contribution in [-0.4, -0.2) is 61.1 Å². The number of aromatic nitrogens is 6. The SMILES string of the molecule is O=c1[nH]c(-c2cc3nc(N4CCO[C@@H]5CCC[C@H]54)n(CC4CCC(C(F)(F)F)CC4)c3c(-c3cncc(Cl)c3)n2)no1. The first kappa shape index (κ1) is 27.4. The summed E-state index contributed by atoms with van der Waals surface area (Å²) >= 11 is 6.34. The van der Waals surface area contributed by atoms with E-state index in [4.69, 9.17) is 30.8 Å². The fraction of sp³-hybridized carbons (Fsp3) is 0.536. The smallest absolute Gasteiger partial charge is 0.374 e. The molecule has 2 saturated carbocycles. The van der Waals surface area contributed by atoms with E-state index >= 15 is 0 Å². The number of hydrogen-bond donors (Lipinski definition) is 1. The zero-order valence-corrected chi connectivity index (χ0v) is 23.4. The van der Waals surface area contributed by atoms with Gasteiger partial charge in [-0.05, 0) is 63.0 Å². The summed E-state index contributed by atoms with van der Waals surface area (Å²) in [4.78, 5) is 30.9. The number of imidazole rings is 1. The highest BCUT2D eigenvalue weighted by atomic mass is 35.5. The summed E-state index contributed by atoms with van der Waals surface area (Å²) in [5.41, 5.74) is 2.85. The third kappa shape index (κ3) is 5.06. The van der Waals surface area contributed by atoms with Gasteiger partial charge in [0.05, 0.1) is 46.4 Å². The predicted octanol–water partition coefficient (Wildman–Crippen LogP) is 5.62. The molecule has 1 N–H and O–H groups in total. The lowest BCUT2D eigenvalue weighted by molar-refractivity contribution is -0.184. The van der Waals surface area contributed by atoms with E-state index in [0.29, 0.717) is 60.0 Å². The quantitative estimate of drug-likeness (QED) is 0.313. The van der Waals surface area contributed by atoms with E-state index in [1.807, 2.05) is 0 Å². The summed E-state index contributed by atoms with van der Waals surface area (Å²) < 4.78 is 53.3. The maximum absolute atomic E-state index is 13.4. The molecule has 222 valence electrons. The molecule has 1 aliphatic heterocycles. The Morgan fingerprint density at radius 2 is 1.90 bits per heavy atom. The minimum atomic E-state index is -4.17. The number of alkyl halides is 3. The number of anilines is 1. The summed E-state index contributed by atoms with van der Waals surface area (Å²) in [5.74, 6) is -1.03. The third-order valence-electron chi connectivity index (χ3n) is 8.86. The normalized spacial score (nSPS) is 24.8. The molecule has 10 nitrogen and oxygen atoms in total. The fourth-order valence-electron chi connectivity index (χ4n) is 6.85. The molecule has 42 heavy (non-hydrogen) atoms. The summed E-state index contributed by atoms with van der Waals surface area (Å²) in [6.45, 7) is 1.71. The van der Waals surface area contributed by atoms with E-state index in [0.717, 1.165) is 30.7 Å². The summed E-state index contributed by atoms with van der Waals surface area (Å²) in [5, 5.41) is 4.25. The average Bonchev–Trinajstić information content (AvgIpc) is 3.71. The number of rotatable bonds is 5. The van der Waals surface area contributed by atoms with Crippen molar-refractivity contribution in [3.63, 3.8) is 0 Å². The highest BCUT2D eigenvalue weighted by molar-refractivity contribution is 6.30. The van der Waals surface area contributed by atoms with Crippen LogP contribution < -0.4 is 10.7 Å². The van der Waals surface area contributed by atoms with Crippen LogP contribution in [0.25, 0.3) is 33.8 Å². The molecule has 4 aromatic heterocycles. The number of hydrogen-bond acceptors (Lipinski definition) is 8. The minimum absolute atomic E-state index is 0.0390. The van der Waals surface area contributed by atoms with Crippen LogP contribution in [-0.2, 0) is 11.3 Å². The second kappa shape index (κ2) is 10.7. The Hall–Kier alpha value is -3.45. The number of pyridine rings is 2. The molecular formula is C28H29ClF3N7O3. The number of fused-ring (bicyclic) bond motifs is 2. The van der Waals surface area contributed by atoms with Crippen LogP contribution in [0.4, 0.5) is 19.1 Å². The first-order valence-electron chi connectivity index (χ1n) is 14.3. The molecule has 14 heteroatoms. The van der Waals surface area contributed by atoms with Crippen LogP contribution in [0.15, 0.2) is 33.8 Å². The van der Waals surface area contributed by atoms with Gasteiger partial charge in [-0.15, -0.1) is 0 Å². The van der Waals surface area contributed by atoms with E-state index in [1.165, 1.54) is 6.20 Å². The molecule has 4 aromatic rings. The van der Waals surface area contributed by atoms with Gasteiger partial charge >= 0.3 is 11.9 Å². The largest absolute Gasteiger partial charge is 0.439 e. The predicted molar refractivity (Wildman–Crippen MR) is 148 cm³/mol. The molecule has 0 radical (unpaired) electrons. The fourth-order valence-corrected chi connectivity index (χ4v) is 7.02. The van der Waals surface area contributed by atoms with Gasteiger partial charge in [0.15, 0.2) is 0 Å². The van der Waals surface area contributed by atoms with Gasteiger partial charge in [0.1, 0.15) is 5.69 Å². The van der Waals surface area contributed by atoms with Crippen molar-refractivity contribution in [1.29, 1.82) is 0 Å². The van der Waals surface area contributed by atoms with Crippen LogP contribution in [0.1, 0.15) is 44.9 Å². The molecular weight excluding hydrogens is 575 g/mol. The molecule has 3 aliphatic rings. The Morgan fingerprint density at radius 3 is 2.64 bits per heavy atom. The Labute approximate surface area is 243 Å². The van der Waals surface area contributed by atoms with Gasteiger partial charge in [-0.1, -0.05) is 16.8 Å². The van der Waals surface area contributed by atoms with Crippen LogP contribution >= 0.6 is 11.6 Å². The average molecular weight is 604 g/mol. The highest BCUT2D eigenvalue weighted by Gasteiger charge is 2.42. The zero-order chi connectivity index (χ0) is 29.0. The van der Waals surface area contributed by atoms with E-state index in [2.05, 4.69) is 24.6 Å². The molecule has 3 fully saturated rings. The molecule has 1 saturated heterocycles. The Morgan fingerprint density at radius 1 is 1.07 bits per heavy atom. The molecule has 2 aliphatic carbocycles. The zero-order valence-electron chi connectivity index (χ0n) is 22.6. The maximum Gasteiger partial charge on any atom is 0.439 e. The van der Waals surface area contributed by atoms with Crippen LogP contribution in [0.5, 0.6) is 0 Å². The molecule has 0 aromatic carbocycles. The lowest BCUT2D eigenvalue weighted by Crippen LogP contribution is -2.49. The second-order valence-electron chi connectivity index (χ2n) is 11.4. The minimum Gasteiger partial charge on any atom is -0.374 e. The summed E-state index contributed by atoms with van der Waals surface area (Å²) in [6.07, 6.45) is 3.30. The van der Waals surface area contributed by atoms with Crippen molar-refractivity contribution in [3.05, 3.63) is 40.1 Å². The Kier molecular flexibility index (Phi) is 6.96. The van der Waals surface area contributed by atoms with E-state index in [9.17, 15) is 18.0 Å². The van der Waals surface area contributed by atoms with Crippen molar-refractivity contribution in [2.45, 2.75) is 69.8 Å². The van der Waals surface area contributed by atoms with Crippen molar-refractivity contribution in [2.24, 2.45) is 11.8 Å². The first-order chi connectivity index (χ1) is 20.2. The van der Waals surface area contributed by atoms with Crippen molar-refractivity contribution >= 4 is 28.6 Å². The molecule has 5 heterocycles. The van der Waals surface area contributed by atoms with Crippen molar-refractivity contribution < 1.29 is 22.4 Å². The monoisotopic (exact) mass is 603 g/mol. The van der Waals surface area contributed by atoms with Gasteiger partial charge in [-0.25, -0.2) is 14.8 Å². The second-order valence-corrected chi connectivity index (χ2v) is 11.9. The van der Waals surface area contributed by atoms with Crippen LogP contribution in [0.3, 0.4) is 0 Å². The number of nitrogens with zero attached hydrogens (tertiary/aromatic N) is 6. The van der Waals surface area contributed by atoms with Gasteiger partial charge < -0.3 is 14.2 Å². The van der Waals surface area contributed by atoms with Crippen LogP contribution in [0.2, 0.25) is 5.02 Å². The third-order valence-corrected chi connectivity index (χ3v) is 9.06. The van der Waals surface area contributed by atoms with Crippen LogP contribution in [0, 0.1) is 11.8 Å². The summed E-state index contributed by atoms with van der Waals surface area (Å²) in [6, 6.07) is 3.65. The van der Waals surface area contributed by atoms with Crippen molar-refractivity contribution in [3.8, 4) is 22.8 Å². The van der Waals surface area contributed by atoms with Gasteiger partial charge in [0, 0.05) is 31.0 Å². The number of aromatic amines is 1. The van der Waals surface area contributed by atoms with Crippen molar-refractivity contribution in [1.82, 2.24) is 29.7 Å². The van der Waals surface area contributed by atoms with E-state index < -0.39 is 17.9 Å². The first-order valence-corrected chi connectivity index (χ1v) is 14.7. The maximum atomic E-state index is 13.4. The molecule has 7 rings (SSSR count). The number of ether oxygens (including phenoxy) is 1. The number of nitrogens with one attached hydrogen (secondary N) is 1. The van der Waals surface area contributed by atoms with Gasteiger partial charge in [-0.2, -0.15) is 13.2 Å². The lowest BCUT2D eigenvalue weighted by Gasteiger charge is -2.39. The van der Waals surface area contributed by atoms with E-state index in [1.54, 1.807) is 18.3 Å². The van der Waals surface area contributed by atoms with Gasteiger partial charge in [0.2, 0.25) is 11.8 Å². The number of H-pyrrole nitrogens is 1. The Bertz CT molecular complexity index is 1660.